The van der Waals surface area contributed by atoms with Gasteiger partial charge in [-0.1, -0.05) is 56.5 Å². The first-order chi connectivity index (χ1) is 7.84. The highest BCUT2D eigenvalue weighted by Gasteiger charge is 2.05. The molecule has 1 rings (SSSR count). The maximum Gasteiger partial charge on any atom is 0.0709 e. The van der Waals surface area contributed by atoms with Crippen molar-refractivity contribution in [3.8, 4) is 0 Å². The molecule has 0 aliphatic rings. The number of benzene rings is 1. The largest absolute Gasteiger partial charge is 0.315 e. The third-order valence-electron chi connectivity index (χ3n) is 2.69. The van der Waals surface area contributed by atoms with E-state index >= 15 is 0 Å². The number of rotatable bonds is 8. The number of unbranched alkanes of at least 4 members (excludes halogenated alkanes) is 3. The summed E-state index contributed by atoms with van der Waals surface area (Å²) in [6.07, 6.45) is 5.21. The molecule has 0 saturated carbocycles. The predicted octanol–water partition coefficient (Wildman–Crippen LogP) is 4.14. The van der Waals surface area contributed by atoms with Crippen LogP contribution in [-0.2, 0) is 0 Å². The fourth-order valence-corrected chi connectivity index (χ4v) is 1.94. The molecule has 0 fully saturated rings. The lowest BCUT2D eigenvalue weighted by molar-refractivity contribution is 0.594. The zero-order valence-corrected chi connectivity index (χ0v) is 10.8. The van der Waals surface area contributed by atoms with E-state index in [4.69, 9.17) is 11.6 Å². The molecule has 1 aromatic rings. The number of hydrogen-bond donors (Lipinski definition) is 1. The van der Waals surface area contributed by atoms with E-state index in [9.17, 15) is 0 Å². The standard InChI is InChI=1S/C14H22ClN/c1-2-3-4-8-11-16-12-14(15)13-9-6-5-7-10-13/h5-7,9-10,14,16H,2-4,8,11-12H2,1H3. The van der Waals surface area contributed by atoms with Crippen LogP contribution in [-0.4, -0.2) is 13.1 Å². The summed E-state index contributed by atoms with van der Waals surface area (Å²) in [7, 11) is 0. The van der Waals surface area contributed by atoms with E-state index in [-0.39, 0.29) is 5.38 Å². The van der Waals surface area contributed by atoms with Gasteiger partial charge in [0.05, 0.1) is 5.38 Å². The van der Waals surface area contributed by atoms with E-state index in [1.54, 1.807) is 0 Å². The first-order valence-corrected chi connectivity index (χ1v) is 6.68. The van der Waals surface area contributed by atoms with Gasteiger partial charge in [-0.05, 0) is 18.5 Å². The van der Waals surface area contributed by atoms with Crippen molar-refractivity contribution >= 4 is 11.6 Å². The Bertz CT molecular complexity index is 261. The SMILES string of the molecule is CCCCCCNCC(Cl)c1ccccc1. The van der Waals surface area contributed by atoms with E-state index in [0.29, 0.717) is 0 Å². The topological polar surface area (TPSA) is 12.0 Å². The lowest BCUT2D eigenvalue weighted by Gasteiger charge is -2.10. The van der Waals surface area contributed by atoms with Gasteiger partial charge < -0.3 is 5.32 Å². The predicted molar refractivity (Wildman–Crippen MR) is 72.0 cm³/mol. The quantitative estimate of drug-likeness (QED) is 0.531. The van der Waals surface area contributed by atoms with Gasteiger partial charge in [0.1, 0.15) is 0 Å². The van der Waals surface area contributed by atoms with Gasteiger partial charge in [0.15, 0.2) is 0 Å². The summed E-state index contributed by atoms with van der Waals surface area (Å²) in [5.74, 6) is 0. The summed E-state index contributed by atoms with van der Waals surface area (Å²) >= 11 is 6.28. The van der Waals surface area contributed by atoms with Crippen molar-refractivity contribution in [2.75, 3.05) is 13.1 Å². The van der Waals surface area contributed by atoms with Crippen LogP contribution in [0.5, 0.6) is 0 Å². The maximum atomic E-state index is 6.28. The Kier molecular flexibility index (Phi) is 7.28. The molecule has 0 heterocycles. The lowest BCUT2D eigenvalue weighted by atomic mass is 10.1. The molecule has 0 spiro atoms. The Balaban J connectivity index is 2.09. The van der Waals surface area contributed by atoms with Crippen molar-refractivity contribution in [1.29, 1.82) is 0 Å². The van der Waals surface area contributed by atoms with Crippen LogP contribution < -0.4 is 5.32 Å². The molecular weight excluding hydrogens is 218 g/mol. The van der Waals surface area contributed by atoms with Gasteiger partial charge in [0, 0.05) is 6.54 Å². The van der Waals surface area contributed by atoms with Gasteiger partial charge in [-0.15, -0.1) is 11.6 Å². The van der Waals surface area contributed by atoms with Crippen LogP contribution >= 0.6 is 11.6 Å². The molecule has 0 saturated heterocycles. The summed E-state index contributed by atoms with van der Waals surface area (Å²) in [4.78, 5) is 0. The highest BCUT2D eigenvalue weighted by atomic mass is 35.5. The van der Waals surface area contributed by atoms with Crippen LogP contribution in [0.25, 0.3) is 0 Å². The van der Waals surface area contributed by atoms with Crippen LogP contribution in [0.2, 0.25) is 0 Å². The van der Waals surface area contributed by atoms with Crippen molar-refractivity contribution in [3.63, 3.8) is 0 Å². The Morgan fingerprint density at radius 3 is 2.56 bits per heavy atom. The number of alkyl halides is 1. The average molecular weight is 240 g/mol. The van der Waals surface area contributed by atoms with Crippen molar-refractivity contribution in [1.82, 2.24) is 5.32 Å². The molecule has 0 aliphatic carbocycles. The summed E-state index contributed by atoms with van der Waals surface area (Å²) in [5.41, 5.74) is 1.20. The number of nitrogens with one attached hydrogen (secondary N) is 1. The fourth-order valence-electron chi connectivity index (χ4n) is 1.69. The molecule has 1 aromatic carbocycles. The minimum Gasteiger partial charge on any atom is -0.315 e. The van der Waals surface area contributed by atoms with Crippen molar-refractivity contribution < 1.29 is 0 Å². The highest BCUT2D eigenvalue weighted by Crippen LogP contribution is 2.18. The molecule has 2 heteroatoms. The zero-order valence-electron chi connectivity index (χ0n) is 10.1. The van der Waals surface area contributed by atoms with E-state index in [2.05, 4.69) is 24.4 Å². The first kappa shape index (κ1) is 13.5. The summed E-state index contributed by atoms with van der Waals surface area (Å²) < 4.78 is 0. The molecule has 0 amide bonds. The van der Waals surface area contributed by atoms with Crippen LogP contribution in [0.1, 0.15) is 43.5 Å². The smallest absolute Gasteiger partial charge is 0.0709 e. The van der Waals surface area contributed by atoms with E-state index in [0.717, 1.165) is 13.1 Å². The second kappa shape index (κ2) is 8.60. The van der Waals surface area contributed by atoms with Gasteiger partial charge in [-0.25, -0.2) is 0 Å². The maximum absolute atomic E-state index is 6.28. The van der Waals surface area contributed by atoms with Crippen LogP contribution in [0.4, 0.5) is 0 Å². The Labute approximate surface area is 104 Å². The van der Waals surface area contributed by atoms with Gasteiger partial charge in [0.25, 0.3) is 0 Å². The number of halogens is 1. The molecule has 1 nitrogen and oxygen atoms in total. The average Bonchev–Trinajstić information content (AvgIpc) is 2.34. The van der Waals surface area contributed by atoms with E-state index < -0.39 is 0 Å². The Morgan fingerprint density at radius 2 is 1.88 bits per heavy atom. The van der Waals surface area contributed by atoms with Gasteiger partial charge in [-0.2, -0.15) is 0 Å². The molecule has 1 unspecified atom stereocenters. The van der Waals surface area contributed by atoms with Crippen LogP contribution in [0.15, 0.2) is 30.3 Å². The molecule has 1 atom stereocenters. The van der Waals surface area contributed by atoms with Crippen molar-refractivity contribution in [2.24, 2.45) is 0 Å². The van der Waals surface area contributed by atoms with Crippen molar-refractivity contribution in [2.45, 2.75) is 38.0 Å². The van der Waals surface area contributed by atoms with Crippen LogP contribution in [0.3, 0.4) is 0 Å². The monoisotopic (exact) mass is 239 g/mol. The summed E-state index contributed by atoms with van der Waals surface area (Å²) in [6.45, 7) is 4.17. The molecular formula is C14H22ClN. The normalized spacial score (nSPS) is 12.6. The number of hydrogen-bond acceptors (Lipinski definition) is 1. The van der Waals surface area contributed by atoms with E-state index in [1.165, 1.54) is 31.2 Å². The first-order valence-electron chi connectivity index (χ1n) is 6.24. The van der Waals surface area contributed by atoms with E-state index in [1.807, 2.05) is 18.2 Å². The van der Waals surface area contributed by atoms with Crippen molar-refractivity contribution in [3.05, 3.63) is 35.9 Å². The molecule has 0 bridgehead atoms. The van der Waals surface area contributed by atoms with Crippen LogP contribution in [0, 0.1) is 0 Å². The second-order valence-electron chi connectivity index (χ2n) is 4.14. The molecule has 16 heavy (non-hydrogen) atoms. The molecule has 0 aromatic heterocycles. The second-order valence-corrected chi connectivity index (χ2v) is 4.67. The highest BCUT2D eigenvalue weighted by molar-refractivity contribution is 6.21. The summed E-state index contributed by atoms with van der Waals surface area (Å²) in [6, 6.07) is 10.2. The molecule has 0 aliphatic heterocycles. The van der Waals surface area contributed by atoms with Gasteiger partial charge in [-0.3, -0.25) is 0 Å². The molecule has 1 N–H and O–H groups in total. The third-order valence-corrected chi connectivity index (χ3v) is 3.10. The molecule has 90 valence electrons. The van der Waals surface area contributed by atoms with Gasteiger partial charge >= 0.3 is 0 Å². The third kappa shape index (κ3) is 5.53. The minimum atomic E-state index is 0.0902. The Morgan fingerprint density at radius 1 is 1.12 bits per heavy atom. The summed E-state index contributed by atoms with van der Waals surface area (Å²) in [5, 5.41) is 3.50. The Hall–Kier alpha value is -0.530. The lowest BCUT2D eigenvalue weighted by Crippen LogP contribution is -2.20. The fraction of sp³-hybridized carbons (Fsp3) is 0.571. The van der Waals surface area contributed by atoms with Gasteiger partial charge in [0.2, 0.25) is 0 Å². The zero-order chi connectivity index (χ0) is 11.6. The minimum absolute atomic E-state index is 0.0902. The molecule has 0 radical (unpaired) electrons.